The van der Waals surface area contributed by atoms with Gasteiger partial charge in [0.15, 0.2) is 0 Å². The average Bonchev–Trinajstić information content (AvgIpc) is 3.06. The molecule has 0 saturated carbocycles. The third kappa shape index (κ3) is 3.22. The molecule has 0 fully saturated rings. The van der Waals surface area contributed by atoms with E-state index in [1.807, 2.05) is 48.5 Å². The summed E-state index contributed by atoms with van der Waals surface area (Å²) in [5, 5.41) is 24.8. The third-order valence-electron chi connectivity index (χ3n) is 3.62. The molecule has 0 N–H and O–H groups in total. The molecule has 2 aromatic rings. The summed E-state index contributed by atoms with van der Waals surface area (Å²) in [5.41, 5.74) is 3.25. The van der Waals surface area contributed by atoms with Crippen molar-refractivity contribution in [1.82, 2.24) is 4.41 Å². The van der Waals surface area contributed by atoms with E-state index in [4.69, 9.17) is 15.6 Å². The summed E-state index contributed by atoms with van der Waals surface area (Å²) in [6.07, 6.45) is 1.01. The highest BCUT2D eigenvalue weighted by Gasteiger charge is 2.18. The van der Waals surface area contributed by atoms with Gasteiger partial charge in [-0.15, -0.1) is 0 Å². The Bertz CT molecular complexity index is 881. The van der Waals surface area contributed by atoms with Crippen LogP contribution in [0.2, 0.25) is 0 Å². The molecule has 0 bridgehead atoms. The second-order valence-electron chi connectivity index (χ2n) is 5.32. The van der Waals surface area contributed by atoms with Crippen LogP contribution in [0.15, 0.2) is 58.5 Å². The van der Waals surface area contributed by atoms with Crippen LogP contribution < -0.4 is 0 Å². The fourth-order valence-electron chi connectivity index (χ4n) is 2.39. The van der Waals surface area contributed by atoms with E-state index in [-0.39, 0.29) is 10.7 Å². The highest BCUT2D eigenvalue weighted by atomic mass is 32.2. The van der Waals surface area contributed by atoms with Gasteiger partial charge < -0.3 is 0 Å². The van der Waals surface area contributed by atoms with Crippen LogP contribution in [0.4, 0.5) is 0 Å². The van der Waals surface area contributed by atoms with Gasteiger partial charge in [-0.1, -0.05) is 19.1 Å². The van der Waals surface area contributed by atoms with Gasteiger partial charge in [0, 0.05) is 22.4 Å². The Balaban J connectivity index is 1.95. The first kappa shape index (κ1) is 16.0. The molecular weight excluding hydrogens is 316 g/mol. The lowest BCUT2D eigenvalue weighted by Crippen LogP contribution is -2.09. The summed E-state index contributed by atoms with van der Waals surface area (Å²) in [6, 6.07) is 19.5. The number of nitriles is 2. The Labute approximate surface area is 144 Å². The van der Waals surface area contributed by atoms with Crippen molar-refractivity contribution in [3.63, 3.8) is 0 Å². The SMILES string of the molecule is CCCN1N=C(c2ccc(C#N)cc2)C=S1c1ccc(C#N)cc1. The van der Waals surface area contributed by atoms with Gasteiger partial charge in [0.2, 0.25) is 0 Å². The van der Waals surface area contributed by atoms with Gasteiger partial charge in [0.25, 0.3) is 0 Å². The second kappa shape index (κ2) is 7.12. The summed E-state index contributed by atoms with van der Waals surface area (Å²) in [4.78, 5) is 1.15. The first-order chi connectivity index (χ1) is 11.7. The Morgan fingerprint density at radius 3 is 2.08 bits per heavy atom. The Hall–Kier alpha value is -2.89. The van der Waals surface area contributed by atoms with Crippen molar-refractivity contribution in [3.05, 3.63) is 65.2 Å². The molecule has 0 spiro atoms. The quantitative estimate of drug-likeness (QED) is 0.798. The predicted octanol–water partition coefficient (Wildman–Crippen LogP) is 3.90. The Kier molecular flexibility index (Phi) is 4.74. The van der Waals surface area contributed by atoms with E-state index in [1.165, 1.54) is 0 Å². The molecular formula is C19H16N4S. The molecule has 5 heteroatoms. The van der Waals surface area contributed by atoms with Crippen LogP contribution in [0.5, 0.6) is 0 Å². The van der Waals surface area contributed by atoms with Crippen molar-refractivity contribution in [2.75, 3.05) is 6.54 Å². The largest absolute Gasteiger partial charge is 0.241 e. The van der Waals surface area contributed by atoms with Crippen LogP contribution in [0.1, 0.15) is 30.0 Å². The minimum absolute atomic E-state index is 0.246. The summed E-state index contributed by atoms with van der Waals surface area (Å²) in [6.45, 7) is 3.01. The van der Waals surface area contributed by atoms with Crippen molar-refractivity contribution < 1.29 is 0 Å². The van der Waals surface area contributed by atoms with Gasteiger partial charge in [0.1, 0.15) is 0 Å². The van der Waals surface area contributed by atoms with Crippen LogP contribution in [-0.2, 0) is 0 Å². The van der Waals surface area contributed by atoms with Crippen molar-refractivity contribution in [1.29, 1.82) is 10.5 Å². The van der Waals surface area contributed by atoms with E-state index in [9.17, 15) is 0 Å². The molecule has 0 aromatic heterocycles. The Morgan fingerprint density at radius 2 is 1.54 bits per heavy atom. The van der Waals surface area contributed by atoms with E-state index < -0.39 is 0 Å². The summed E-state index contributed by atoms with van der Waals surface area (Å²) in [5.74, 6) is 0. The number of benzene rings is 2. The smallest absolute Gasteiger partial charge is 0.0991 e. The van der Waals surface area contributed by atoms with Crippen LogP contribution >= 0.6 is 10.7 Å². The minimum atomic E-state index is -0.246. The molecule has 3 rings (SSSR count). The number of hydrazone groups is 1. The normalized spacial score (nSPS) is 16.0. The van der Waals surface area contributed by atoms with Crippen LogP contribution in [-0.4, -0.2) is 22.0 Å². The van der Waals surface area contributed by atoms with Crippen molar-refractivity contribution in [3.8, 4) is 12.1 Å². The van der Waals surface area contributed by atoms with Gasteiger partial charge in [-0.05, 0) is 53.5 Å². The van der Waals surface area contributed by atoms with Crippen molar-refractivity contribution in [2.45, 2.75) is 18.2 Å². The molecule has 1 unspecified atom stereocenters. The van der Waals surface area contributed by atoms with Gasteiger partial charge in [-0.2, -0.15) is 15.6 Å². The van der Waals surface area contributed by atoms with Crippen molar-refractivity contribution in [2.24, 2.45) is 5.10 Å². The lowest BCUT2D eigenvalue weighted by Gasteiger charge is -2.18. The number of rotatable bonds is 4. The number of hydrogen-bond acceptors (Lipinski definition) is 4. The van der Waals surface area contributed by atoms with Crippen molar-refractivity contribution >= 4 is 21.7 Å². The summed E-state index contributed by atoms with van der Waals surface area (Å²) < 4.78 is 2.11. The standard InChI is InChI=1S/C19H16N4S/c1-2-11-23-22-19(17-7-3-15(12-20)4-8-17)14-24(23)18-9-5-16(13-21)6-10-18/h3-10,14H,2,11H2,1H3. The fourth-order valence-corrected chi connectivity index (χ4v) is 4.26. The monoisotopic (exact) mass is 332 g/mol. The first-order valence-electron chi connectivity index (χ1n) is 7.70. The highest BCUT2D eigenvalue weighted by molar-refractivity contribution is 8.14. The molecule has 1 aliphatic heterocycles. The molecule has 24 heavy (non-hydrogen) atoms. The molecule has 1 heterocycles. The summed E-state index contributed by atoms with van der Waals surface area (Å²) >= 11 is 0. The van der Waals surface area contributed by atoms with E-state index in [1.54, 1.807) is 0 Å². The molecule has 0 aliphatic carbocycles. The lowest BCUT2D eigenvalue weighted by atomic mass is 10.1. The van der Waals surface area contributed by atoms with Crippen LogP contribution in [0, 0.1) is 22.7 Å². The predicted molar refractivity (Wildman–Crippen MR) is 97.8 cm³/mol. The zero-order chi connectivity index (χ0) is 16.9. The molecule has 1 atom stereocenters. The zero-order valence-corrected chi connectivity index (χ0v) is 14.1. The molecule has 0 radical (unpaired) electrons. The molecule has 1 aliphatic rings. The average molecular weight is 332 g/mol. The van der Waals surface area contributed by atoms with Crippen LogP contribution in [0.3, 0.4) is 0 Å². The molecule has 4 nitrogen and oxygen atoms in total. The number of nitrogens with zero attached hydrogens (tertiary/aromatic N) is 4. The van der Waals surface area contributed by atoms with E-state index in [0.29, 0.717) is 11.1 Å². The van der Waals surface area contributed by atoms with Gasteiger partial charge >= 0.3 is 0 Å². The molecule has 0 amide bonds. The molecule has 2 aromatic carbocycles. The molecule has 118 valence electrons. The summed E-state index contributed by atoms with van der Waals surface area (Å²) in [7, 11) is -0.246. The lowest BCUT2D eigenvalue weighted by molar-refractivity contribution is 0.502. The third-order valence-corrected chi connectivity index (χ3v) is 5.54. The van der Waals surface area contributed by atoms with Gasteiger partial charge in [0.05, 0.1) is 29.0 Å². The van der Waals surface area contributed by atoms with Crippen LogP contribution in [0.25, 0.3) is 0 Å². The highest BCUT2D eigenvalue weighted by Crippen LogP contribution is 2.35. The zero-order valence-electron chi connectivity index (χ0n) is 13.3. The van der Waals surface area contributed by atoms with Gasteiger partial charge in [-0.25, -0.2) is 4.41 Å². The van der Waals surface area contributed by atoms with E-state index in [0.717, 1.165) is 29.1 Å². The topological polar surface area (TPSA) is 63.2 Å². The van der Waals surface area contributed by atoms with E-state index in [2.05, 4.69) is 28.8 Å². The first-order valence-corrected chi connectivity index (χ1v) is 8.94. The molecule has 0 saturated heterocycles. The maximum absolute atomic E-state index is 8.95. The van der Waals surface area contributed by atoms with E-state index >= 15 is 0 Å². The fraction of sp³-hybridized carbons (Fsp3) is 0.158. The maximum atomic E-state index is 8.95. The maximum Gasteiger partial charge on any atom is 0.0991 e. The minimum Gasteiger partial charge on any atom is -0.241 e. The van der Waals surface area contributed by atoms with Gasteiger partial charge in [-0.3, -0.25) is 0 Å². The number of hydrogen-bond donors (Lipinski definition) is 0. The Morgan fingerprint density at radius 1 is 0.958 bits per heavy atom. The second-order valence-corrected chi connectivity index (χ2v) is 7.08.